The van der Waals surface area contributed by atoms with Gasteiger partial charge in [-0.3, -0.25) is 9.48 Å². The molecule has 6 heteroatoms. The van der Waals surface area contributed by atoms with Crippen molar-refractivity contribution in [2.75, 3.05) is 11.9 Å². The first-order valence-electron chi connectivity index (χ1n) is 9.23. The average molecular weight is 375 g/mol. The Morgan fingerprint density at radius 2 is 1.79 bits per heavy atom. The number of aromatic nitrogens is 2. The van der Waals surface area contributed by atoms with Gasteiger partial charge in [0.15, 0.2) is 0 Å². The number of carbonyl (C=O) groups is 1. The Hall–Kier alpha value is -3.41. The normalized spacial score (nSPS) is 11.0. The molecular weight excluding hydrogens is 350 g/mol. The fourth-order valence-corrected chi connectivity index (χ4v) is 2.86. The predicted molar refractivity (Wildman–Crippen MR) is 113 cm³/mol. The fraction of sp³-hybridized carbons (Fsp3) is 0.227. The third-order valence-electron chi connectivity index (χ3n) is 4.50. The zero-order chi connectivity index (χ0) is 19.9. The van der Waals surface area contributed by atoms with Crippen molar-refractivity contribution in [3.05, 3.63) is 82.7 Å². The van der Waals surface area contributed by atoms with Gasteiger partial charge < -0.3 is 5.32 Å². The second-order valence-corrected chi connectivity index (χ2v) is 6.74. The Morgan fingerprint density at radius 3 is 2.50 bits per heavy atom. The molecule has 0 spiro atoms. The lowest BCUT2D eigenvalue weighted by Crippen LogP contribution is -2.25. The standard InChI is InChI=1S/C22H25N5O/c1-16-9-11-19(12-10-16)15-27-18(3)21(17(2)26-27)13-24-25-22(28)14-23-20-7-5-4-6-8-20/h4-13,23H,14-15H2,1-3H3,(H,25,28)/b24-13+. The van der Waals surface area contributed by atoms with Crippen molar-refractivity contribution < 1.29 is 4.79 Å². The molecule has 0 saturated carbocycles. The third kappa shape index (κ3) is 5.07. The summed E-state index contributed by atoms with van der Waals surface area (Å²) in [7, 11) is 0. The molecule has 0 saturated heterocycles. The zero-order valence-corrected chi connectivity index (χ0v) is 16.4. The van der Waals surface area contributed by atoms with Crippen LogP contribution in [-0.2, 0) is 11.3 Å². The Morgan fingerprint density at radius 1 is 1.07 bits per heavy atom. The molecule has 144 valence electrons. The quantitative estimate of drug-likeness (QED) is 0.491. The highest BCUT2D eigenvalue weighted by atomic mass is 16.2. The van der Waals surface area contributed by atoms with E-state index >= 15 is 0 Å². The first kappa shape index (κ1) is 19.4. The van der Waals surface area contributed by atoms with Crippen molar-refractivity contribution in [2.24, 2.45) is 5.10 Å². The molecule has 1 aromatic heterocycles. The lowest BCUT2D eigenvalue weighted by Gasteiger charge is -2.05. The highest BCUT2D eigenvalue weighted by molar-refractivity contribution is 5.85. The van der Waals surface area contributed by atoms with Gasteiger partial charge >= 0.3 is 0 Å². The molecule has 6 nitrogen and oxygen atoms in total. The van der Waals surface area contributed by atoms with Crippen LogP contribution in [0.2, 0.25) is 0 Å². The van der Waals surface area contributed by atoms with Crippen LogP contribution >= 0.6 is 0 Å². The van der Waals surface area contributed by atoms with Crippen LogP contribution in [0.5, 0.6) is 0 Å². The average Bonchev–Trinajstić information content (AvgIpc) is 2.96. The van der Waals surface area contributed by atoms with Gasteiger partial charge in [-0.2, -0.15) is 10.2 Å². The highest BCUT2D eigenvalue weighted by Crippen LogP contribution is 2.13. The number of hydrogen-bond donors (Lipinski definition) is 2. The van der Waals surface area contributed by atoms with E-state index in [-0.39, 0.29) is 12.5 Å². The van der Waals surface area contributed by atoms with Crippen molar-refractivity contribution >= 4 is 17.8 Å². The third-order valence-corrected chi connectivity index (χ3v) is 4.50. The maximum Gasteiger partial charge on any atom is 0.259 e. The molecule has 1 heterocycles. The van der Waals surface area contributed by atoms with Crippen molar-refractivity contribution in [2.45, 2.75) is 27.3 Å². The van der Waals surface area contributed by atoms with Gasteiger partial charge in [-0.1, -0.05) is 48.0 Å². The minimum atomic E-state index is -0.206. The molecule has 2 aromatic carbocycles. The van der Waals surface area contributed by atoms with E-state index in [9.17, 15) is 4.79 Å². The zero-order valence-electron chi connectivity index (χ0n) is 16.4. The number of benzene rings is 2. The van der Waals surface area contributed by atoms with Gasteiger partial charge in [0.05, 0.1) is 25.0 Å². The summed E-state index contributed by atoms with van der Waals surface area (Å²) < 4.78 is 1.96. The van der Waals surface area contributed by atoms with Gasteiger partial charge in [-0.25, -0.2) is 5.43 Å². The SMILES string of the molecule is Cc1ccc(Cn2nc(C)c(/C=N/NC(=O)CNc3ccccc3)c2C)cc1. The molecule has 0 fully saturated rings. The number of aryl methyl sites for hydroxylation is 2. The van der Waals surface area contributed by atoms with Gasteiger partial charge in [0.25, 0.3) is 5.91 Å². The largest absolute Gasteiger partial charge is 0.376 e. The predicted octanol–water partition coefficient (Wildman–Crippen LogP) is 3.42. The molecule has 3 aromatic rings. The summed E-state index contributed by atoms with van der Waals surface area (Å²) in [4.78, 5) is 11.9. The molecule has 0 bridgehead atoms. The van der Waals surface area contributed by atoms with Gasteiger partial charge in [0, 0.05) is 16.9 Å². The van der Waals surface area contributed by atoms with E-state index in [1.807, 2.05) is 48.9 Å². The van der Waals surface area contributed by atoms with Gasteiger partial charge in [0.1, 0.15) is 0 Å². The lowest BCUT2D eigenvalue weighted by molar-refractivity contribution is -0.119. The van der Waals surface area contributed by atoms with E-state index in [4.69, 9.17) is 0 Å². The monoisotopic (exact) mass is 375 g/mol. The van der Waals surface area contributed by atoms with Crippen molar-refractivity contribution in [1.29, 1.82) is 0 Å². The number of rotatable bonds is 7. The fourth-order valence-electron chi connectivity index (χ4n) is 2.86. The number of anilines is 1. The summed E-state index contributed by atoms with van der Waals surface area (Å²) in [5, 5.41) is 11.7. The molecule has 0 unspecified atom stereocenters. The van der Waals surface area contributed by atoms with Crippen LogP contribution in [0, 0.1) is 20.8 Å². The van der Waals surface area contributed by atoms with Crippen LogP contribution in [0.25, 0.3) is 0 Å². The number of nitrogens with zero attached hydrogens (tertiary/aromatic N) is 3. The van der Waals surface area contributed by atoms with Crippen LogP contribution in [0.1, 0.15) is 28.1 Å². The van der Waals surface area contributed by atoms with E-state index in [1.165, 1.54) is 11.1 Å². The van der Waals surface area contributed by atoms with Crippen molar-refractivity contribution in [3.63, 3.8) is 0 Å². The van der Waals surface area contributed by atoms with Gasteiger partial charge in [0.2, 0.25) is 0 Å². The molecule has 1 amide bonds. The molecule has 3 rings (SSSR count). The summed E-state index contributed by atoms with van der Waals surface area (Å²) in [5.41, 5.74) is 8.69. The number of para-hydroxylation sites is 1. The number of hydrogen-bond acceptors (Lipinski definition) is 4. The molecule has 0 atom stereocenters. The Labute approximate surface area is 165 Å². The minimum absolute atomic E-state index is 0.159. The van der Waals surface area contributed by atoms with Crippen molar-refractivity contribution in [3.8, 4) is 0 Å². The van der Waals surface area contributed by atoms with E-state index in [2.05, 4.69) is 52.1 Å². The van der Waals surface area contributed by atoms with Crippen LogP contribution in [0.4, 0.5) is 5.69 Å². The van der Waals surface area contributed by atoms with E-state index < -0.39 is 0 Å². The number of nitrogens with one attached hydrogen (secondary N) is 2. The topological polar surface area (TPSA) is 71.3 Å². The highest BCUT2D eigenvalue weighted by Gasteiger charge is 2.10. The first-order valence-corrected chi connectivity index (χ1v) is 9.23. The molecule has 0 aliphatic heterocycles. The molecule has 2 N–H and O–H groups in total. The molecule has 0 aliphatic rings. The molecule has 0 aliphatic carbocycles. The lowest BCUT2D eigenvalue weighted by atomic mass is 10.1. The van der Waals surface area contributed by atoms with E-state index in [0.717, 1.165) is 22.6 Å². The molecule has 28 heavy (non-hydrogen) atoms. The van der Waals surface area contributed by atoms with Gasteiger partial charge in [-0.15, -0.1) is 0 Å². The smallest absolute Gasteiger partial charge is 0.259 e. The molecular formula is C22H25N5O. The number of carbonyl (C=O) groups excluding carboxylic acids is 1. The minimum Gasteiger partial charge on any atom is -0.376 e. The maximum atomic E-state index is 11.9. The van der Waals surface area contributed by atoms with Crippen LogP contribution in [0.3, 0.4) is 0 Å². The summed E-state index contributed by atoms with van der Waals surface area (Å²) in [6.45, 7) is 6.89. The Balaban J connectivity index is 1.58. The second-order valence-electron chi connectivity index (χ2n) is 6.74. The Bertz CT molecular complexity index is 959. The van der Waals surface area contributed by atoms with Gasteiger partial charge in [-0.05, 0) is 38.5 Å². The summed E-state index contributed by atoms with van der Waals surface area (Å²) in [5.74, 6) is -0.206. The number of amides is 1. The van der Waals surface area contributed by atoms with Crippen molar-refractivity contribution in [1.82, 2.24) is 15.2 Å². The summed E-state index contributed by atoms with van der Waals surface area (Å²) in [6, 6.07) is 18.0. The summed E-state index contributed by atoms with van der Waals surface area (Å²) in [6.07, 6.45) is 1.66. The second kappa shape index (κ2) is 8.99. The maximum absolute atomic E-state index is 11.9. The number of hydrazone groups is 1. The Kier molecular flexibility index (Phi) is 6.22. The van der Waals surface area contributed by atoms with Crippen LogP contribution in [-0.4, -0.2) is 28.4 Å². The van der Waals surface area contributed by atoms with Crippen LogP contribution in [0.15, 0.2) is 59.7 Å². The van der Waals surface area contributed by atoms with E-state index in [1.54, 1.807) is 6.21 Å². The molecule has 0 radical (unpaired) electrons. The van der Waals surface area contributed by atoms with E-state index in [0.29, 0.717) is 6.54 Å². The first-order chi connectivity index (χ1) is 13.5. The summed E-state index contributed by atoms with van der Waals surface area (Å²) >= 11 is 0. The van der Waals surface area contributed by atoms with Crippen LogP contribution < -0.4 is 10.7 Å².